The summed E-state index contributed by atoms with van der Waals surface area (Å²) in [6.45, 7) is 1.90. The van der Waals surface area contributed by atoms with Gasteiger partial charge in [-0.2, -0.15) is 0 Å². The Labute approximate surface area is 152 Å². The summed E-state index contributed by atoms with van der Waals surface area (Å²) in [6.07, 6.45) is 2.73. The predicted molar refractivity (Wildman–Crippen MR) is 96.5 cm³/mol. The number of carbonyl (C=O) groups excluding carboxylic acids is 1. The summed E-state index contributed by atoms with van der Waals surface area (Å²) < 4.78 is 18.8. The second kappa shape index (κ2) is 7.98. The van der Waals surface area contributed by atoms with Gasteiger partial charge in [0.1, 0.15) is 5.82 Å². The third-order valence-corrected chi connectivity index (χ3v) is 5.13. The number of halogens is 2. The molecule has 1 aliphatic rings. The fourth-order valence-corrected chi connectivity index (χ4v) is 3.64. The van der Waals surface area contributed by atoms with Crippen molar-refractivity contribution in [1.82, 2.24) is 5.32 Å². The normalized spacial score (nSPS) is 20.7. The van der Waals surface area contributed by atoms with Crippen LogP contribution in [0.4, 0.5) is 4.39 Å². The zero-order valence-electron chi connectivity index (χ0n) is 13.9. The predicted octanol–water partition coefficient (Wildman–Crippen LogP) is 4.35. The lowest BCUT2D eigenvalue weighted by atomic mass is 9.74. The lowest BCUT2D eigenvalue weighted by Crippen LogP contribution is -2.41. The average molecular weight is 362 g/mol. The van der Waals surface area contributed by atoms with Gasteiger partial charge in [-0.1, -0.05) is 41.9 Å². The van der Waals surface area contributed by atoms with Crippen molar-refractivity contribution < 1.29 is 13.9 Å². The second-order valence-corrected chi connectivity index (χ2v) is 6.83. The summed E-state index contributed by atoms with van der Waals surface area (Å²) in [5.41, 5.74) is 1.32. The maximum atomic E-state index is 13.2. The first kappa shape index (κ1) is 17.9. The van der Waals surface area contributed by atoms with E-state index in [4.69, 9.17) is 16.3 Å². The summed E-state index contributed by atoms with van der Waals surface area (Å²) in [6, 6.07) is 14.0. The molecular weight excluding hydrogens is 341 g/mol. The minimum atomic E-state index is -0.455. The maximum Gasteiger partial charge on any atom is 0.252 e. The van der Waals surface area contributed by atoms with Crippen LogP contribution in [-0.2, 0) is 10.2 Å². The Kier molecular flexibility index (Phi) is 5.71. The van der Waals surface area contributed by atoms with E-state index in [2.05, 4.69) is 17.4 Å². The molecule has 1 fully saturated rings. The molecule has 1 saturated heterocycles. The van der Waals surface area contributed by atoms with Gasteiger partial charge in [0.15, 0.2) is 0 Å². The summed E-state index contributed by atoms with van der Waals surface area (Å²) in [5, 5.41) is 3.12. The van der Waals surface area contributed by atoms with Crippen LogP contribution in [0, 0.1) is 5.82 Å². The minimum absolute atomic E-state index is 0.121. The van der Waals surface area contributed by atoms with Gasteiger partial charge in [-0.15, -0.1) is 0 Å². The molecule has 2 aromatic rings. The smallest absolute Gasteiger partial charge is 0.252 e. The molecule has 0 aromatic heterocycles. The van der Waals surface area contributed by atoms with Gasteiger partial charge < -0.3 is 10.1 Å². The van der Waals surface area contributed by atoms with Crippen LogP contribution >= 0.6 is 11.6 Å². The van der Waals surface area contributed by atoms with Gasteiger partial charge in [-0.05, 0) is 43.0 Å². The number of nitrogens with one attached hydrogen (secondary N) is 1. The van der Waals surface area contributed by atoms with Gasteiger partial charge in [0.05, 0.1) is 10.6 Å². The van der Waals surface area contributed by atoms with Gasteiger partial charge in [0.2, 0.25) is 0 Å². The van der Waals surface area contributed by atoms with Crippen molar-refractivity contribution in [2.24, 2.45) is 0 Å². The fourth-order valence-electron chi connectivity index (χ4n) is 3.38. The molecule has 3 rings (SSSR count). The number of rotatable bonds is 4. The van der Waals surface area contributed by atoms with Crippen molar-refractivity contribution in [3.05, 3.63) is 70.5 Å². The van der Waals surface area contributed by atoms with Crippen LogP contribution in [0.3, 0.4) is 0 Å². The largest absolute Gasteiger partial charge is 0.381 e. The molecule has 0 radical (unpaired) electrons. The Morgan fingerprint density at radius 2 is 1.96 bits per heavy atom. The Hall–Kier alpha value is -1.91. The third kappa shape index (κ3) is 4.20. The van der Waals surface area contributed by atoms with E-state index in [0.29, 0.717) is 13.2 Å². The number of hydrogen-bond acceptors (Lipinski definition) is 2. The molecule has 1 amide bonds. The first-order valence-electron chi connectivity index (χ1n) is 8.47. The SMILES string of the molecule is O=C(NC[C@]1(c2ccccc2)CCCOCC1)c1ccc(F)cc1Cl. The van der Waals surface area contributed by atoms with Crippen molar-refractivity contribution in [3.63, 3.8) is 0 Å². The molecule has 132 valence electrons. The summed E-state index contributed by atoms with van der Waals surface area (Å²) in [7, 11) is 0. The Morgan fingerprint density at radius 1 is 1.16 bits per heavy atom. The highest BCUT2D eigenvalue weighted by Crippen LogP contribution is 2.34. The van der Waals surface area contributed by atoms with Crippen LogP contribution in [0.2, 0.25) is 5.02 Å². The highest BCUT2D eigenvalue weighted by molar-refractivity contribution is 6.33. The molecule has 1 heterocycles. The standard InChI is InChI=1S/C20H21ClFNO2/c21-18-13-16(22)7-8-17(18)19(24)23-14-20(9-4-11-25-12-10-20)15-5-2-1-3-6-15/h1-3,5-8,13H,4,9-12,14H2,(H,23,24)/t20-/m0/s1. The molecule has 25 heavy (non-hydrogen) atoms. The quantitative estimate of drug-likeness (QED) is 0.879. The number of hydrogen-bond donors (Lipinski definition) is 1. The Morgan fingerprint density at radius 3 is 2.72 bits per heavy atom. The molecule has 0 bridgehead atoms. The molecule has 1 aliphatic heterocycles. The number of ether oxygens (including phenoxy) is 1. The first-order valence-corrected chi connectivity index (χ1v) is 8.85. The highest BCUT2D eigenvalue weighted by atomic mass is 35.5. The molecule has 5 heteroatoms. The second-order valence-electron chi connectivity index (χ2n) is 6.42. The van der Waals surface area contributed by atoms with E-state index in [0.717, 1.165) is 31.9 Å². The van der Waals surface area contributed by atoms with Gasteiger partial charge in [0.25, 0.3) is 5.91 Å². The molecule has 0 saturated carbocycles. The monoisotopic (exact) mass is 361 g/mol. The van der Waals surface area contributed by atoms with Crippen molar-refractivity contribution in [2.45, 2.75) is 24.7 Å². The van der Waals surface area contributed by atoms with Crippen LogP contribution in [0.1, 0.15) is 35.2 Å². The van der Waals surface area contributed by atoms with Crippen LogP contribution in [0.5, 0.6) is 0 Å². The molecule has 0 spiro atoms. The topological polar surface area (TPSA) is 38.3 Å². The van der Waals surface area contributed by atoms with Crippen LogP contribution in [-0.4, -0.2) is 25.7 Å². The van der Waals surface area contributed by atoms with Crippen molar-refractivity contribution >= 4 is 17.5 Å². The molecule has 0 unspecified atom stereocenters. The lowest BCUT2D eigenvalue weighted by Gasteiger charge is -2.33. The minimum Gasteiger partial charge on any atom is -0.381 e. The van der Waals surface area contributed by atoms with E-state index in [-0.39, 0.29) is 21.9 Å². The zero-order valence-corrected chi connectivity index (χ0v) is 14.7. The number of benzene rings is 2. The Balaban J connectivity index is 1.80. The van der Waals surface area contributed by atoms with Gasteiger partial charge in [-0.3, -0.25) is 4.79 Å². The molecule has 1 N–H and O–H groups in total. The van der Waals surface area contributed by atoms with Crippen LogP contribution < -0.4 is 5.32 Å². The zero-order chi connectivity index (χ0) is 17.7. The third-order valence-electron chi connectivity index (χ3n) is 4.82. The molecule has 1 atom stereocenters. The first-order chi connectivity index (χ1) is 12.1. The van der Waals surface area contributed by atoms with Crippen molar-refractivity contribution in [1.29, 1.82) is 0 Å². The van der Waals surface area contributed by atoms with E-state index in [1.54, 1.807) is 0 Å². The van der Waals surface area contributed by atoms with E-state index in [1.165, 1.54) is 17.7 Å². The van der Waals surface area contributed by atoms with Crippen molar-refractivity contribution in [3.8, 4) is 0 Å². The van der Waals surface area contributed by atoms with Crippen LogP contribution in [0.25, 0.3) is 0 Å². The maximum absolute atomic E-state index is 13.2. The lowest BCUT2D eigenvalue weighted by molar-refractivity contribution is 0.0937. The summed E-state index contributed by atoms with van der Waals surface area (Å²) in [4.78, 5) is 12.5. The van der Waals surface area contributed by atoms with E-state index in [1.807, 2.05) is 18.2 Å². The van der Waals surface area contributed by atoms with Crippen LogP contribution in [0.15, 0.2) is 48.5 Å². The summed E-state index contributed by atoms with van der Waals surface area (Å²) in [5.74, 6) is -0.742. The van der Waals surface area contributed by atoms with Gasteiger partial charge in [-0.25, -0.2) is 4.39 Å². The number of amides is 1. The highest BCUT2D eigenvalue weighted by Gasteiger charge is 2.33. The van der Waals surface area contributed by atoms with Gasteiger partial charge >= 0.3 is 0 Å². The molecule has 2 aromatic carbocycles. The fraction of sp³-hybridized carbons (Fsp3) is 0.350. The van der Waals surface area contributed by atoms with E-state index in [9.17, 15) is 9.18 Å². The van der Waals surface area contributed by atoms with Gasteiger partial charge in [0, 0.05) is 25.2 Å². The van der Waals surface area contributed by atoms with E-state index >= 15 is 0 Å². The summed E-state index contributed by atoms with van der Waals surface area (Å²) >= 11 is 6.00. The molecule has 0 aliphatic carbocycles. The van der Waals surface area contributed by atoms with E-state index < -0.39 is 5.82 Å². The number of carbonyl (C=O) groups is 1. The molecular formula is C20H21ClFNO2. The average Bonchev–Trinajstić information content (AvgIpc) is 2.87. The van der Waals surface area contributed by atoms with Crippen molar-refractivity contribution in [2.75, 3.05) is 19.8 Å². The molecule has 3 nitrogen and oxygen atoms in total. The Bertz CT molecular complexity index is 728.